The fourth-order valence-electron chi connectivity index (χ4n) is 1.58. The van der Waals surface area contributed by atoms with Gasteiger partial charge in [-0.3, -0.25) is 4.79 Å². The first-order chi connectivity index (χ1) is 8.70. The van der Waals surface area contributed by atoms with Crippen molar-refractivity contribution in [1.82, 2.24) is 4.57 Å². The maximum absolute atomic E-state index is 11.9. The van der Waals surface area contributed by atoms with E-state index in [-0.39, 0.29) is 54.0 Å². The number of pyridine rings is 1. The Morgan fingerprint density at radius 1 is 1.25 bits per heavy atom. The van der Waals surface area contributed by atoms with E-state index < -0.39 is 0 Å². The minimum Gasteiger partial charge on any atom is -0.415 e. The number of Topliss-reactive ketones (excluding diaryl/α,β-unsaturated/α-hetero) is 1. The van der Waals surface area contributed by atoms with Gasteiger partial charge in [0.05, 0.1) is 13.2 Å². The monoisotopic (exact) mass is 437 g/mol. The Labute approximate surface area is 133 Å². The minimum atomic E-state index is -0.252. The van der Waals surface area contributed by atoms with Crippen LogP contribution >= 0.6 is 0 Å². The summed E-state index contributed by atoms with van der Waals surface area (Å²) < 4.78 is 1.33. The van der Waals surface area contributed by atoms with E-state index in [0.29, 0.717) is 5.56 Å². The second kappa shape index (κ2) is 8.67. The summed E-state index contributed by atoms with van der Waals surface area (Å²) in [5.41, 5.74) is 1.02. The van der Waals surface area contributed by atoms with Crippen LogP contribution in [0.2, 0.25) is 0 Å². The van der Waals surface area contributed by atoms with Crippen LogP contribution < -0.4 is 5.56 Å². The maximum Gasteiger partial charge on any atom is 0.180 e. The summed E-state index contributed by atoms with van der Waals surface area (Å²) in [6, 6.07) is 12.2. The summed E-state index contributed by atoms with van der Waals surface area (Å²) >= 11 is 0. The van der Waals surface area contributed by atoms with Crippen LogP contribution in [-0.2, 0) is 34.2 Å². The first-order valence-electron chi connectivity index (χ1n) is 5.50. The third kappa shape index (κ3) is 4.58. The van der Waals surface area contributed by atoms with E-state index in [1.54, 1.807) is 30.3 Å². The van der Waals surface area contributed by atoms with Crippen LogP contribution in [-0.4, -0.2) is 23.9 Å². The van der Waals surface area contributed by atoms with Crippen LogP contribution in [0.5, 0.6) is 0 Å². The molecule has 6 heteroatoms. The number of nitrogens with zero attached hydrogens (tertiary/aromatic N) is 1. The summed E-state index contributed by atoms with van der Waals surface area (Å²) in [6.07, 6.45) is 1.53. The second-order valence-electron chi connectivity index (χ2n) is 3.87. The van der Waals surface area contributed by atoms with Crippen LogP contribution in [0, 0.1) is 6.07 Å². The Kier molecular flexibility index (Phi) is 8.04. The Hall–Kier alpha value is -1.45. The molecule has 0 spiro atoms. The van der Waals surface area contributed by atoms with Crippen LogP contribution in [0.25, 0.3) is 0 Å². The van der Waals surface area contributed by atoms with E-state index in [9.17, 15) is 9.59 Å². The molecular weight excluding hydrogens is 425 g/mol. The van der Waals surface area contributed by atoms with Crippen LogP contribution in [0.15, 0.2) is 47.4 Å². The Morgan fingerprint density at radius 2 is 1.90 bits per heavy atom. The average molecular weight is 437 g/mol. The van der Waals surface area contributed by atoms with Gasteiger partial charge in [0.15, 0.2) is 5.78 Å². The molecule has 1 aromatic carbocycles. The zero-order valence-corrected chi connectivity index (χ0v) is 13.6. The fourth-order valence-corrected chi connectivity index (χ4v) is 1.58. The van der Waals surface area contributed by atoms with Gasteiger partial charge in [-0.1, -0.05) is 24.3 Å². The number of carbonyl (C=O) groups excluding carboxylic acids is 1. The Bertz CT molecular complexity index is 610. The van der Waals surface area contributed by atoms with Gasteiger partial charge in [0.2, 0.25) is 0 Å². The summed E-state index contributed by atoms with van der Waals surface area (Å²) in [7, 11) is 0. The Balaban J connectivity index is 0.00000180. The van der Waals surface area contributed by atoms with Crippen molar-refractivity contribution in [2.24, 2.45) is 0 Å². The first kappa shape index (κ1) is 18.6. The molecule has 0 saturated heterocycles. The van der Waals surface area contributed by atoms with Gasteiger partial charge in [0, 0.05) is 35.0 Å². The number of hydrogen-bond donors (Lipinski definition) is 1. The number of carbonyl (C=O) groups is 1. The normalized spacial score (nSPS) is 9.25. The zero-order chi connectivity index (χ0) is 13.0. The van der Waals surface area contributed by atoms with E-state index in [1.807, 2.05) is 0 Å². The van der Waals surface area contributed by atoms with E-state index in [4.69, 9.17) is 5.11 Å². The summed E-state index contributed by atoms with van der Waals surface area (Å²) in [4.78, 5) is 23.4. The van der Waals surface area contributed by atoms with Crippen molar-refractivity contribution in [3.05, 3.63) is 70.1 Å². The van der Waals surface area contributed by atoms with Gasteiger partial charge in [0.25, 0.3) is 0 Å². The van der Waals surface area contributed by atoms with E-state index in [2.05, 4.69) is 6.07 Å². The summed E-state index contributed by atoms with van der Waals surface area (Å²) in [5.74, 6) is -0.146. The molecule has 0 aliphatic heterocycles. The van der Waals surface area contributed by atoms with Crippen LogP contribution in [0.4, 0.5) is 0 Å². The SMILES string of the molecule is O=C(Cn1cc[c-]cc1=O)c1ccc(CO)cc1.[B].[W]. The van der Waals surface area contributed by atoms with E-state index in [1.165, 1.54) is 16.8 Å². The number of hydrogen-bond acceptors (Lipinski definition) is 3. The summed E-state index contributed by atoms with van der Waals surface area (Å²) in [6.45, 7) is -0.0472. The van der Waals surface area contributed by atoms with Gasteiger partial charge in [-0.05, 0) is 5.56 Å². The molecule has 2 aromatic rings. The molecule has 0 aliphatic rings. The predicted molar refractivity (Wildman–Crippen MR) is 72.0 cm³/mol. The average Bonchev–Trinajstić information content (AvgIpc) is 2.41. The molecule has 0 aliphatic carbocycles. The van der Waals surface area contributed by atoms with E-state index in [0.717, 1.165) is 5.56 Å². The van der Waals surface area contributed by atoms with Crippen LogP contribution in [0.1, 0.15) is 15.9 Å². The van der Waals surface area contributed by atoms with E-state index >= 15 is 0 Å². The van der Waals surface area contributed by atoms with Crippen molar-refractivity contribution in [2.75, 3.05) is 0 Å². The summed E-state index contributed by atoms with van der Waals surface area (Å²) in [5, 5.41) is 8.90. The van der Waals surface area contributed by atoms with Crippen molar-refractivity contribution in [3.8, 4) is 0 Å². The third-order valence-corrected chi connectivity index (χ3v) is 2.61. The quantitative estimate of drug-likeness (QED) is 0.435. The molecule has 4 nitrogen and oxygen atoms in total. The molecule has 20 heavy (non-hydrogen) atoms. The largest absolute Gasteiger partial charge is 0.415 e. The molecule has 0 unspecified atom stereocenters. The van der Waals surface area contributed by atoms with Gasteiger partial charge >= 0.3 is 0 Å². The molecule has 0 amide bonds. The van der Waals surface area contributed by atoms with Crippen molar-refractivity contribution < 1.29 is 31.0 Å². The fraction of sp³-hybridized carbons (Fsp3) is 0.143. The van der Waals surface area contributed by atoms with Crippen molar-refractivity contribution >= 4 is 14.2 Å². The number of benzene rings is 1. The first-order valence-corrected chi connectivity index (χ1v) is 5.50. The van der Waals surface area contributed by atoms with Crippen molar-refractivity contribution in [3.63, 3.8) is 0 Å². The topological polar surface area (TPSA) is 59.3 Å². The number of aliphatic hydroxyl groups excluding tert-OH is 1. The molecule has 2 rings (SSSR count). The third-order valence-electron chi connectivity index (χ3n) is 2.61. The van der Waals surface area contributed by atoms with Crippen molar-refractivity contribution in [1.29, 1.82) is 0 Å². The van der Waals surface area contributed by atoms with Gasteiger partial charge in [-0.2, -0.15) is 12.1 Å². The molecule has 0 saturated carbocycles. The molecule has 0 atom stereocenters. The van der Waals surface area contributed by atoms with Gasteiger partial charge in [-0.15, -0.1) is 12.3 Å². The second-order valence-corrected chi connectivity index (χ2v) is 3.87. The molecule has 1 N–H and O–H groups in total. The number of rotatable bonds is 4. The number of ketones is 1. The smallest absolute Gasteiger partial charge is 0.180 e. The molecular formula is C14H12BNO3W-. The Morgan fingerprint density at radius 3 is 2.45 bits per heavy atom. The predicted octanol–water partition coefficient (Wildman–Crippen LogP) is 0.640. The number of aromatic nitrogens is 1. The van der Waals surface area contributed by atoms with Crippen LogP contribution in [0.3, 0.4) is 0 Å². The maximum atomic E-state index is 11.9. The van der Waals surface area contributed by atoms with Crippen molar-refractivity contribution in [2.45, 2.75) is 13.2 Å². The molecule has 1 heterocycles. The zero-order valence-electron chi connectivity index (χ0n) is 10.7. The van der Waals surface area contributed by atoms with Gasteiger partial charge in [-0.25, -0.2) is 0 Å². The molecule has 0 fully saturated rings. The molecule has 1 aromatic heterocycles. The molecule has 0 bridgehead atoms. The minimum absolute atomic E-state index is 0. The molecule has 3 radical (unpaired) electrons. The van der Waals surface area contributed by atoms with Gasteiger partial charge < -0.3 is 14.5 Å². The molecule has 101 valence electrons. The number of aliphatic hydroxyl groups is 1. The standard InChI is InChI=1S/C14H12NO3.B.W/c16-10-11-4-6-12(7-5-11)13(17)9-15-8-2-1-3-14(15)18;;/h2-8,16H,9-10H2;;/q-1;;. The van der Waals surface area contributed by atoms with Gasteiger partial charge in [0.1, 0.15) is 5.56 Å².